The van der Waals surface area contributed by atoms with Gasteiger partial charge in [0.15, 0.2) is 0 Å². The number of rotatable bonds is 5. The van der Waals surface area contributed by atoms with Gasteiger partial charge < -0.3 is 9.15 Å². The van der Waals surface area contributed by atoms with Crippen molar-refractivity contribution in [3.63, 3.8) is 0 Å². The van der Waals surface area contributed by atoms with Crippen LogP contribution in [-0.4, -0.2) is 12.6 Å². The highest BCUT2D eigenvalue weighted by molar-refractivity contribution is 5.97. The van der Waals surface area contributed by atoms with Crippen molar-refractivity contribution in [1.29, 1.82) is 0 Å². The molecule has 6 heteroatoms. The number of furan rings is 1. The van der Waals surface area contributed by atoms with E-state index >= 15 is 0 Å². The van der Waals surface area contributed by atoms with Crippen LogP contribution in [0.25, 0.3) is 22.1 Å². The van der Waals surface area contributed by atoms with Crippen LogP contribution in [0.15, 0.2) is 77.2 Å². The lowest BCUT2D eigenvalue weighted by Gasteiger charge is -2.07. The molecular formula is C25H19F3O3. The molecular weight excluding hydrogens is 405 g/mol. The predicted octanol–water partition coefficient (Wildman–Crippen LogP) is 6.89. The number of carbonyl (C=O) groups excluding carboxylic acids is 1. The number of ether oxygens (including phenoxy) is 1. The SMILES string of the molecule is CCOC(=O)c1cccc(-c2cccc3oc(Cc4cccc(C(F)(F)F)c4)cc23)c1. The average Bonchev–Trinajstić information content (AvgIpc) is 3.16. The summed E-state index contributed by atoms with van der Waals surface area (Å²) in [6.45, 7) is 2.04. The summed E-state index contributed by atoms with van der Waals surface area (Å²) in [7, 11) is 0. The Morgan fingerprint density at radius 1 is 0.968 bits per heavy atom. The quantitative estimate of drug-likeness (QED) is 0.328. The van der Waals surface area contributed by atoms with Crippen molar-refractivity contribution in [2.24, 2.45) is 0 Å². The molecule has 0 aliphatic heterocycles. The Balaban J connectivity index is 1.69. The van der Waals surface area contributed by atoms with Gasteiger partial charge in [-0.25, -0.2) is 4.79 Å². The molecule has 0 atom stereocenters. The van der Waals surface area contributed by atoms with Gasteiger partial charge in [-0.2, -0.15) is 13.2 Å². The Kier molecular flexibility index (Phi) is 5.55. The molecule has 4 aromatic rings. The molecule has 0 aliphatic rings. The molecule has 4 rings (SSSR count). The number of benzene rings is 3. The first kappa shape index (κ1) is 20.7. The third-order valence-corrected chi connectivity index (χ3v) is 4.93. The highest BCUT2D eigenvalue weighted by Gasteiger charge is 2.30. The molecule has 0 amide bonds. The highest BCUT2D eigenvalue weighted by Crippen LogP contribution is 2.33. The number of fused-ring (bicyclic) bond motifs is 1. The fraction of sp³-hybridized carbons (Fsp3) is 0.160. The van der Waals surface area contributed by atoms with Crippen molar-refractivity contribution >= 4 is 16.9 Å². The monoisotopic (exact) mass is 424 g/mol. The van der Waals surface area contributed by atoms with E-state index in [2.05, 4.69) is 0 Å². The summed E-state index contributed by atoms with van der Waals surface area (Å²) in [4.78, 5) is 12.1. The molecule has 3 nitrogen and oxygen atoms in total. The summed E-state index contributed by atoms with van der Waals surface area (Å²) in [6.07, 6.45) is -4.15. The molecule has 31 heavy (non-hydrogen) atoms. The van der Waals surface area contributed by atoms with Gasteiger partial charge in [0, 0.05) is 11.8 Å². The largest absolute Gasteiger partial charge is 0.462 e. The Hall–Kier alpha value is -3.54. The van der Waals surface area contributed by atoms with Crippen LogP contribution in [0, 0.1) is 0 Å². The number of carbonyl (C=O) groups is 1. The van der Waals surface area contributed by atoms with Crippen LogP contribution in [0.5, 0.6) is 0 Å². The average molecular weight is 424 g/mol. The molecule has 0 fully saturated rings. The first-order valence-electron chi connectivity index (χ1n) is 9.80. The summed E-state index contributed by atoms with van der Waals surface area (Å²) in [5, 5.41) is 0.825. The van der Waals surface area contributed by atoms with E-state index in [9.17, 15) is 18.0 Å². The minimum atomic E-state index is -4.39. The minimum absolute atomic E-state index is 0.237. The number of hydrogen-bond donors (Lipinski definition) is 0. The molecule has 0 N–H and O–H groups in total. The lowest BCUT2D eigenvalue weighted by Crippen LogP contribution is -2.05. The minimum Gasteiger partial charge on any atom is -0.462 e. The molecule has 0 spiro atoms. The number of alkyl halides is 3. The second kappa shape index (κ2) is 8.30. The van der Waals surface area contributed by atoms with Crippen molar-refractivity contribution in [2.75, 3.05) is 6.61 Å². The molecule has 0 radical (unpaired) electrons. The standard InChI is InChI=1S/C25H19F3O3/c1-2-30-24(29)18-8-4-7-17(14-18)21-10-5-11-23-22(21)15-20(31-23)13-16-6-3-9-19(12-16)25(26,27)28/h3-12,14-15H,2,13H2,1H3. The summed E-state index contributed by atoms with van der Waals surface area (Å²) < 4.78 is 50.0. The van der Waals surface area contributed by atoms with Crippen LogP contribution in [-0.2, 0) is 17.3 Å². The topological polar surface area (TPSA) is 39.4 Å². The lowest BCUT2D eigenvalue weighted by atomic mass is 9.99. The van der Waals surface area contributed by atoms with Crippen LogP contribution in [0.1, 0.15) is 34.2 Å². The van der Waals surface area contributed by atoms with Crippen molar-refractivity contribution in [3.8, 4) is 11.1 Å². The molecule has 1 heterocycles. The van der Waals surface area contributed by atoms with Crippen molar-refractivity contribution < 1.29 is 27.1 Å². The molecule has 0 aliphatic carbocycles. The van der Waals surface area contributed by atoms with E-state index in [1.807, 2.05) is 30.3 Å². The second-order valence-corrected chi connectivity index (χ2v) is 7.11. The summed E-state index contributed by atoms with van der Waals surface area (Å²) in [6, 6.07) is 19.7. The van der Waals surface area contributed by atoms with Gasteiger partial charge >= 0.3 is 12.1 Å². The summed E-state index contributed by atoms with van der Waals surface area (Å²) in [5.74, 6) is 0.164. The van der Waals surface area contributed by atoms with Gasteiger partial charge in [-0.15, -0.1) is 0 Å². The summed E-state index contributed by atoms with van der Waals surface area (Å²) in [5.41, 5.74) is 2.59. The van der Waals surface area contributed by atoms with E-state index in [1.54, 1.807) is 31.2 Å². The zero-order valence-corrected chi connectivity index (χ0v) is 16.7. The lowest BCUT2D eigenvalue weighted by molar-refractivity contribution is -0.137. The maximum Gasteiger partial charge on any atom is 0.416 e. The first-order chi connectivity index (χ1) is 14.8. The maximum atomic E-state index is 13.0. The van der Waals surface area contributed by atoms with Gasteiger partial charge in [-0.1, -0.05) is 42.5 Å². The van der Waals surface area contributed by atoms with Crippen molar-refractivity contribution in [3.05, 3.63) is 95.2 Å². The molecule has 0 saturated carbocycles. The van der Waals surface area contributed by atoms with Gasteiger partial charge in [0.25, 0.3) is 0 Å². The summed E-state index contributed by atoms with van der Waals surface area (Å²) >= 11 is 0. The van der Waals surface area contributed by atoms with E-state index in [4.69, 9.17) is 9.15 Å². The van der Waals surface area contributed by atoms with Crippen LogP contribution in [0.3, 0.4) is 0 Å². The van der Waals surface area contributed by atoms with E-state index in [1.165, 1.54) is 6.07 Å². The smallest absolute Gasteiger partial charge is 0.416 e. The number of halogens is 3. The Morgan fingerprint density at radius 3 is 2.52 bits per heavy atom. The fourth-order valence-corrected chi connectivity index (χ4v) is 3.54. The Morgan fingerprint density at radius 2 is 1.74 bits per heavy atom. The van der Waals surface area contributed by atoms with Crippen molar-refractivity contribution in [1.82, 2.24) is 0 Å². The van der Waals surface area contributed by atoms with Gasteiger partial charge in [-0.05, 0) is 53.9 Å². The first-order valence-corrected chi connectivity index (χ1v) is 9.80. The van der Waals surface area contributed by atoms with Gasteiger partial charge in [0.1, 0.15) is 11.3 Å². The normalized spacial score (nSPS) is 11.6. The fourth-order valence-electron chi connectivity index (χ4n) is 3.54. The van der Waals surface area contributed by atoms with Crippen LogP contribution >= 0.6 is 0 Å². The molecule has 0 saturated heterocycles. The number of esters is 1. The molecule has 3 aromatic carbocycles. The third-order valence-electron chi connectivity index (χ3n) is 4.93. The van der Waals surface area contributed by atoms with E-state index in [0.29, 0.717) is 29.1 Å². The van der Waals surface area contributed by atoms with Gasteiger partial charge in [0.05, 0.1) is 17.7 Å². The van der Waals surface area contributed by atoms with Gasteiger partial charge in [0.2, 0.25) is 0 Å². The number of hydrogen-bond acceptors (Lipinski definition) is 3. The van der Waals surface area contributed by atoms with E-state index in [0.717, 1.165) is 28.6 Å². The maximum absolute atomic E-state index is 13.0. The van der Waals surface area contributed by atoms with Gasteiger partial charge in [-0.3, -0.25) is 0 Å². The Labute approximate surface area is 177 Å². The van der Waals surface area contributed by atoms with E-state index < -0.39 is 17.7 Å². The molecule has 0 bridgehead atoms. The zero-order chi connectivity index (χ0) is 22.0. The predicted molar refractivity (Wildman–Crippen MR) is 112 cm³/mol. The third kappa shape index (κ3) is 4.48. The van der Waals surface area contributed by atoms with Crippen LogP contribution < -0.4 is 0 Å². The van der Waals surface area contributed by atoms with Crippen molar-refractivity contribution in [2.45, 2.75) is 19.5 Å². The zero-order valence-electron chi connectivity index (χ0n) is 16.7. The molecule has 158 valence electrons. The van der Waals surface area contributed by atoms with Crippen LogP contribution in [0.4, 0.5) is 13.2 Å². The Bertz CT molecular complexity index is 1240. The van der Waals surface area contributed by atoms with Crippen LogP contribution in [0.2, 0.25) is 0 Å². The van der Waals surface area contributed by atoms with E-state index in [-0.39, 0.29) is 6.42 Å². The molecule has 1 aromatic heterocycles. The second-order valence-electron chi connectivity index (χ2n) is 7.11. The highest BCUT2D eigenvalue weighted by atomic mass is 19.4. The molecule has 0 unspecified atom stereocenters.